The summed E-state index contributed by atoms with van der Waals surface area (Å²) in [6.45, 7) is 2.45. The molecule has 1 unspecified atom stereocenters. The standard InChI is InChI=1S/C14H21FN2O/c1-3-4-8-13(16)14(18)17(2)10-11-6-5-7-12(15)9-11/h5-7,9,13H,3-4,8,10,16H2,1-2H3. The van der Waals surface area contributed by atoms with Crippen molar-refractivity contribution in [2.75, 3.05) is 7.05 Å². The highest BCUT2D eigenvalue weighted by molar-refractivity contribution is 5.81. The predicted molar refractivity (Wildman–Crippen MR) is 70.4 cm³/mol. The van der Waals surface area contributed by atoms with Crippen molar-refractivity contribution in [2.45, 2.75) is 38.8 Å². The van der Waals surface area contributed by atoms with E-state index in [-0.39, 0.29) is 11.7 Å². The van der Waals surface area contributed by atoms with Crippen molar-refractivity contribution < 1.29 is 9.18 Å². The maximum Gasteiger partial charge on any atom is 0.239 e. The molecule has 3 nitrogen and oxygen atoms in total. The van der Waals surface area contributed by atoms with Crippen LogP contribution < -0.4 is 5.73 Å². The van der Waals surface area contributed by atoms with Crippen molar-refractivity contribution in [2.24, 2.45) is 5.73 Å². The molecule has 0 aliphatic heterocycles. The highest BCUT2D eigenvalue weighted by Crippen LogP contribution is 2.08. The van der Waals surface area contributed by atoms with Crippen molar-refractivity contribution in [1.82, 2.24) is 4.90 Å². The zero-order valence-electron chi connectivity index (χ0n) is 11.0. The Morgan fingerprint density at radius 3 is 2.83 bits per heavy atom. The Bertz CT molecular complexity index is 395. The van der Waals surface area contributed by atoms with Gasteiger partial charge in [-0.05, 0) is 24.1 Å². The van der Waals surface area contributed by atoms with Crippen molar-refractivity contribution in [3.63, 3.8) is 0 Å². The minimum atomic E-state index is -0.455. The Morgan fingerprint density at radius 2 is 2.22 bits per heavy atom. The molecule has 1 aromatic rings. The van der Waals surface area contributed by atoms with Gasteiger partial charge < -0.3 is 10.6 Å². The van der Waals surface area contributed by atoms with Crippen LogP contribution in [0.3, 0.4) is 0 Å². The first-order valence-corrected chi connectivity index (χ1v) is 6.29. The number of halogens is 1. The average molecular weight is 252 g/mol. The summed E-state index contributed by atoms with van der Waals surface area (Å²) in [4.78, 5) is 13.5. The quantitative estimate of drug-likeness (QED) is 0.844. The number of hydrogen-bond acceptors (Lipinski definition) is 2. The smallest absolute Gasteiger partial charge is 0.239 e. The Balaban J connectivity index is 2.54. The van der Waals surface area contributed by atoms with E-state index < -0.39 is 6.04 Å². The third kappa shape index (κ3) is 4.45. The molecule has 0 aliphatic carbocycles. The normalized spacial score (nSPS) is 12.2. The molecular weight excluding hydrogens is 231 g/mol. The molecule has 2 N–H and O–H groups in total. The Labute approximate surface area is 108 Å². The van der Waals surface area contributed by atoms with Gasteiger partial charge in [0, 0.05) is 13.6 Å². The van der Waals surface area contributed by atoms with E-state index >= 15 is 0 Å². The number of rotatable bonds is 6. The summed E-state index contributed by atoms with van der Waals surface area (Å²) in [5.74, 6) is -0.378. The van der Waals surface area contributed by atoms with E-state index in [0.29, 0.717) is 13.0 Å². The van der Waals surface area contributed by atoms with Gasteiger partial charge >= 0.3 is 0 Å². The minimum Gasteiger partial charge on any atom is -0.340 e. The van der Waals surface area contributed by atoms with Crippen LogP contribution in [0.2, 0.25) is 0 Å². The Kier molecular flexibility index (Phi) is 5.78. The van der Waals surface area contributed by atoms with Gasteiger partial charge in [-0.3, -0.25) is 4.79 Å². The number of hydrogen-bond donors (Lipinski definition) is 1. The van der Waals surface area contributed by atoms with Crippen LogP contribution in [0.5, 0.6) is 0 Å². The van der Waals surface area contributed by atoms with Gasteiger partial charge in [0.2, 0.25) is 5.91 Å². The summed E-state index contributed by atoms with van der Waals surface area (Å²) in [5.41, 5.74) is 6.59. The van der Waals surface area contributed by atoms with Crippen molar-refractivity contribution in [1.29, 1.82) is 0 Å². The molecular formula is C14H21FN2O. The highest BCUT2D eigenvalue weighted by atomic mass is 19.1. The first-order chi connectivity index (χ1) is 8.54. The molecule has 0 aliphatic rings. The van der Waals surface area contributed by atoms with Crippen LogP contribution in [0.4, 0.5) is 4.39 Å². The fourth-order valence-electron chi connectivity index (χ4n) is 1.82. The molecule has 100 valence electrons. The number of likely N-dealkylation sites (N-methyl/N-ethyl adjacent to an activating group) is 1. The van der Waals surface area contributed by atoms with Crippen LogP contribution in [0.15, 0.2) is 24.3 Å². The molecule has 1 rings (SSSR count). The molecule has 0 saturated carbocycles. The number of carbonyl (C=O) groups excluding carboxylic acids is 1. The largest absolute Gasteiger partial charge is 0.340 e. The molecule has 0 aromatic heterocycles. The minimum absolute atomic E-state index is 0.0901. The summed E-state index contributed by atoms with van der Waals surface area (Å²) in [6.07, 6.45) is 2.66. The molecule has 1 aromatic carbocycles. The summed E-state index contributed by atoms with van der Waals surface area (Å²) < 4.78 is 13.0. The third-order valence-electron chi connectivity index (χ3n) is 2.87. The van der Waals surface area contributed by atoms with E-state index in [4.69, 9.17) is 5.73 Å². The number of nitrogens with zero attached hydrogens (tertiary/aromatic N) is 1. The van der Waals surface area contributed by atoms with Crippen LogP contribution in [0, 0.1) is 5.82 Å². The van der Waals surface area contributed by atoms with E-state index in [2.05, 4.69) is 6.92 Å². The second-order valence-electron chi connectivity index (χ2n) is 4.57. The monoisotopic (exact) mass is 252 g/mol. The number of nitrogens with two attached hydrogens (primary N) is 1. The summed E-state index contributed by atoms with van der Waals surface area (Å²) in [5, 5.41) is 0. The lowest BCUT2D eigenvalue weighted by Crippen LogP contribution is -2.41. The molecule has 1 amide bonds. The van der Waals surface area contributed by atoms with E-state index in [0.717, 1.165) is 18.4 Å². The molecule has 4 heteroatoms. The number of unbranched alkanes of at least 4 members (excludes halogenated alkanes) is 1. The lowest BCUT2D eigenvalue weighted by molar-refractivity contribution is -0.132. The van der Waals surface area contributed by atoms with Crippen molar-refractivity contribution >= 4 is 5.91 Å². The predicted octanol–water partition coefficient (Wildman–Crippen LogP) is 2.30. The van der Waals surface area contributed by atoms with Crippen molar-refractivity contribution in [3.05, 3.63) is 35.6 Å². The van der Waals surface area contributed by atoms with E-state index in [1.807, 2.05) is 0 Å². The zero-order chi connectivity index (χ0) is 13.5. The Hall–Kier alpha value is -1.42. The number of carbonyl (C=O) groups is 1. The fourth-order valence-corrected chi connectivity index (χ4v) is 1.82. The lowest BCUT2D eigenvalue weighted by Gasteiger charge is -2.21. The first kappa shape index (κ1) is 14.6. The molecule has 0 heterocycles. The van der Waals surface area contributed by atoms with Crippen LogP contribution in [-0.2, 0) is 11.3 Å². The van der Waals surface area contributed by atoms with Gasteiger partial charge in [0.05, 0.1) is 6.04 Å². The maximum atomic E-state index is 13.0. The van der Waals surface area contributed by atoms with Gasteiger partial charge in [0.25, 0.3) is 0 Å². The van der Waals surface area contributed by atoms with Gasteiger partial charge in [-0.25, -0.2) is 4.39 Å². The zero-order valence-corrected chi connectivity index (χ0v) is 11.0. The van der Waals surface area contributed by atoms with E-state index in [1.165, 1.54) is 12.1 Å². The highest BCUT2D eigenvalue weighted by Gasteiger charge is 2.17. The summed E-state index contributed by atoms with van der Waals surface area (Å²) in [6, 6.07) is 5.80. The maximum absolute atomic E-state index is 13.0. The molecule has 0 radical (unpaired) electrons. The number of benzene rings is 1. The first-order valence-electron chi connectivity index (χ1n) is 6.29. The molecule has 0 fully saturated rings. The second-order valence-corrected chi connectivity index (χ2v) is 4.57. The molecule has 0 spiro atoms. The lowest BCUT2D eigenvalue weighted by atomic mass is 10.1. The van der Waals surface area contributed by atoms with Gasteiger partial charge in [0.15, 0.2) is 0 Å². The topological polar surface area (TPSA) is 46.3 Å². The SMILES string of the molecule is CCCCC(N)C(=O)N(C)Cc1cccc(F)c1. The van der Waals surface area contributed by atoms with Gasteiger partial charge in [-0.2, -0.15) is 0 Å². The van der Waals surface area contributed by atoms with Crippen LogP contribution in [-0.4, -0.2) is 23.9 Å². The molecule has 0 saturated heterocycles. The third-order valence-corrected chi connectivity index (χ3v) is 2.87. The van der Waals surface area contributed by atoms with E-state index in [1.54, 1.807) is 24.1 Å². The van der Waals surface area contributed by atoms with Gasteiger partial charge in [0.1, 0.15) is 5.82 Å². The summed E-state index contributed by atoms with van der Waals surface area (Å²) >= 11 is 0. The molecule has 18 heavy (non-hydrogen) atoms. The van der Waals surface area contributed by atoms with Crippen molar-refractivity contribution in [3.8, 4) is 0 Å². The Morgan fingerprint density at radius 1 is 1.50 bits per heavy atom. The molecule has 1 atom stereocenters. The van der Waals surface area contributed by atoms with Gasteiger partial charge in [-0.15, -0.1) is 0 Å². The van der Waals surface area contributed by atoms with Crippen LogP contribution in [0.25, 0.3) is 0 Å². The second kappa shape index (κ2) is 7.11. The van der Waals surface area contributed by atoms with Crippen LogP contribution >= 0.6 is 0 Å². The van der Waals surface area contributed by atoms with E-state index in [9.17, 15) is 9.18 Å². The number of amides is 1. The van der Waals surface area contributed by atoms with Crippen LogP contribution in [0.1, 0.15) is 31.7 Å². The fraction of sp³-hybridized carbons (Fsp3) is 0.500. The molecule has 0 bridgehead atoms. The average Bonchev–Trinajstić information content (AvgIpc) is 2.35. The summed E-state index contributed by atoms with van der Waals surface area (Å²) in [7, 11) is 1.69. The van der Waals surface area contributed by atoms with Gasteiger partial charge in [-0.1, -0.05) is 31.9 Å².